The van der Waals surface area contributed by atoms with Crippen molar-refractivity contribution in [3.8, 4) is 11.5 Å². The van der Waals surface area contributed by atoms with Gasteiger partial charge in [0.15, 0.2) is 5.82 Å². The highest BCUT2D eigenvalue weighted by molar-refractivity contribution is 7.17. The van der Waals surface area contributed by atoms with Crippen molar-refractivity contribution >= 4 is 28.4 Å². The molecule has 8 nitrogen and oxygen atoms in total. The zero-order chi connectivity index (χ0) is 22.9. The number of rotatable bonds is 4. The van der Waals surface area contributed by atoms with Crippen molar-refractivity contribution in [1.82, 2.24) is 10.1 Å². The highest BCUT2D eigenvalue weighted by atomic mass is 32.1. The summed E-state index contributed by atoms with van der Waals surface area (Å²) in [7, 11) is 0. The Labute approximate surface area is 187 Å². The zero-order valence-corrected chi connectivity index (χ0v) is 18.2. The maximum atomic E-state index is 14.0. The Balaban J connectivity index is 0.000000567. The molecule has 0 bridgehead atoms. The minimum atomic E-state index is -2.70. The molecular weight excluding hydrogens is 444 g/mol. The number of carbonyl (C=O) groups excluding carboxylic acids is 1. The molecule has 2 aromatic heterocycles. The monoisotopic (exact) mass is 469 g/mol. The number of thiophene rings is 1. The summed E-state index contributed by atoms with van der Waals surface area (Å²) < 4.78 is 33.4. The van der Waals surface area contributed by atoms with Gasteiger partial charge in [-0.05, 0) is 37.7 Å². The third kappa shape index (κ3) is 5.25. The van der Waals surface area contributed by atoms with Crippen molar-refractivity contribution in [3.05, 3.63) is 16.3 Å². The largest absolute Gasteiger partial charge is 0.503 e. The summed E-state index contributed by atoms with van der Waals surface area (Å²) in [4.78, 5) is 26.5. The molecule has 5 rings (SSSR count). The molecule has 0 aromatic carbocycles. The molecule has 0 aliphatic heterocycles. The third-order valence-electron chi connectivity index (χ3n) is 6.06. The van der Waals surface area contributed by atoms with Crippen molar-refractivity contribution in [2.75, 3.05) is 5.32 Å². The van der Waals surface area contributed by atoms with Crippen molar-refractivity contribution < 1.29 is 33.1 Å². The van der Waals surface area contributed by atoms with Gasteiger partial charge in [0.1, 0.15) is 5.00 Å². The number of nitrogens with zero attached hydrogens (tertiary/aromatic N) is 2. The van der Waals surface area contributed by atoms with E-state index >= 15 is 0 Å². The molecule has 11 heteroatoms. The van der Waals surface area contributed by atoms with Crippen LogP contribution in [0, 0.1) is 5.92 Å². The van der Waals surface area contributed by atoms with Gasteiger partial charge in [-0.2, -0.15) is 4.98 Å². The predicted molar refractivity (Wildman–Crippen MR) is 112 cm³/mol. The summed E-state index contributed by atoms with van der Waals surface area (Å²) in [6.45, 7) is 0. The molecule has 3 N–H and O–H groups in total. The van der Waals surface area contributed by atoms with E-state index in [4.69, 9.17) is 19.5 Å². The van der Waals surface area contributed by atoms with Crippen LogP contribution in [-0.2, 0) is 17.6 Å². The Kier molecular flexibility index (Phi) is 6.45. The van der Waals surface area contributed by atoms with E-state index in [0.717, 1.165) is 44.1 Å². The molecular formula is C21H25F2N3O5S. The SMILES string of the molecule is O=C(Nc1sc2c(c1-c1nc(C3CC3)no1)CCC(F)(F)C2)C1CCCCC1.O=C(O)O. The minimum absolute atomic E-state index is 0.00752. The Morgan fingerprint density at radius 3 is 2.47 bits per heavy atom. The van der Waals surface area contributed by atoms with E-state index in [1.165, 1.54) is 17.8 Å². The van der Waals surface area contributed by atoms with Crippen LogP contribution in [0.25, 0.3) is 11.5 Å². The standard InChI is InChI=1S/C20H23F2N3O2S.CH2O3/c21-20(22)9-8-13-14(10-20)28-19(24-17(26)12-4-2-1-3-5-12)15(13)18-23-16(25-27-18)11-6-7-11;2-1(3)4/h11-12H,1-10H2,(H,24,26);(H2,2,3,4). The second-order valence-electron chi connectivity index (χ2n) is 8.58. The first-order valence-electron chi connectivity index (χ1n) is 10.8. The molecule has 2 heterocycles. The molecule has 32 heavy (non-hydrogen) atoms. The van der Waals surface area contributed by atoms with Crippen molar-refractivity contribution in [2.24, 2.45) is 5.92 Å². The quantitative estimate of drug-likeness (QED) is 0.537. The average molecular weight is 470 g/mol. The predicted octanol–water partition coefficient (Wildman–Crippen LogP) is 5.54. The lowest BCUT2D eigenvalue weighted by Crippen LogP contribution is -2.25. The second-order valence-corrected chi connectivity index (χ2v) is 9.68. The molecule has 1 amide bonds. The molecule has 2 fully saturated rings. The van der Waals surface area contributed by atoms with Crippen LogP contribution in [0.1, 0.15) is 73.5 Å². The average Bonchev–Trinajstić information content (AvgIpc) is 3.37. The number of halogens is 2. The lowest BCUT2D eigenvalue weighted by molar-refractivity contribution is -0.120. The smallest absolute Gasteiger partial charge is 0.450 e. The van der Waals surface area contributed by atoms with Crippen LogP contribution >= 0.6 is 11.3 Å². The van der Waals surface area contributed by atoms with Gasteiger partial charge < -0.3 is 20.1 Å². The van der Waals surface area contributed by atoms with Gasteiger partial charge in [-0.25, -0.2) is 13.6 Å². The molecule has 0 radical (unpaired) electrons. The van der Waals surface area contributed by atoms with E-state index < -0.39 is 12.1 Å². The van der Waals surface area contributed by atoms with Gasteiger partial charge in [0.25, 0.3) is 11.8 Å². The van der Waals surface area contributed by atoms with E-state index in [2.05, 4.69) is 15.5 Å². The number of carboxylic acid groups (broad SMARTS) is 2. The number of hydrogen-bond acceptors (Lipinski definition) is 6. The van der Waals surface area contributed by atoms with Gasteiger partial charge in [-0.15, -0.1) is 11.3 Å². The fraction of sp³-hybridized carbons (Fsp3) is 0.619. The first-order valence-corrected chi connectivity index (χ1v) is 11.6. The van der Waals surface area contributed by atoms with Crippen LogP contribution < -0.4 is 5.32 Å². The number of amides is 1. The fourth-order valence-electron chi connectivity index (χ4n) is 4.29. The van der Waals surface area contributed by atoms with Gasteiger partial charge in [-0.3, -0.25) is 4.79 Å². The number of carbonyl (C=O) groups is 2. The molecule has 0 spiro atoms. The van der Waals surface area contributed by atoms with E-state index in [9.17, 15) is 13.6 Å². The number of anilines is 1. The van der Waals surface area contributed by atoms with E-state index in [1.807, 2.05) is 0 Å². The molecule has 0 unspecified atom stereocenters. The van der Waals surface area contributed by atoms with Crippen LogP contribution in [0.2, 0.25) is 0 Å². The van der Waals surface area contributed by atoms with Gasteiger partial charge in [0.2, 0.25) is 5.91 Å². The molecule has 2 saturated carbocycles. The summed E-state index contributed by atoms with van der Waals surface area (Å²) in [6.07, 6.45) is 5.12. The highest BCUT2D eigenvalue weighted by Crippen LogP contribution is 2.48. The summed E-state index contributed by atoms with van der Waals surface area (Å²) in [5.41, 5.74) is 1.50. The summed E-state index contributed by atoms with van der Waals surface area (Å²) in [5, 5.41) is 21.6. The summed E-state index contributed by atoms with van der Waals surface area (Å²) >= 11 is 1.24. The number of fused-ring (bicyclic) bond motifs is 1. The number of hydrogen-bond donors (Lipinski definition) is 3. The van der Waals surface area contributed by atoms with E-state index in [1.54, 1.807) is 0 Å². The van der Waals surface area contributed by atoms with E-state index in [-0.39, 0.29) is 31.1 Å². The van der Waals surface area contributed by atoms with Gasteiger partial charge in [-0.1, -0.05) is 24.4 Å². The van der Waals surface area contributed by atoms with Gasteiger partial charge in [0.05, 0.1) is 5.56 Å². The van der Waals surface area contributed by atoms with Gasteiger partial charge in [0, 0.05) is 29.6 Å². The Morgan fingerprint density at radius 1 is 1.12 bits per heavy atom. The number of alkyl halides is 2. The van der Waals surface area contributed by atoms with Crippen molar-refractivity contribution in [1.29, 1.82) is 0 Å². The zero-order valence-electron chi connectivity index (χ0n) is 17.4. The molecule has 3 aliphatic carbocycles. The number of nitrogens with one attached hydrogen (secondary N) is 1. The van der Waals surface area contributed by atoms with Crippen LogP contribution in [0.5, 0.6) is 0 Å². The molecule has 174 valence electrons. The lowest BCUT2D eigenvalue weighted by Gasteiger charge is -2.21. The number of aromatic nitrogens is 2. The summed E-state index contributed by atoms with van der Waals surface area (Å²) in [5.74, 6) is -1.35. The summed E-state index contributed by atoms with van der Waals surface area (Å²) in [6, 6.07) is 0. The van der Waals surface area contributed by atoms with Crippen LogP contribution in [0.15, 0.2) is 4.52 Å². The van der Waals surface area contributed by atoms with Crippen LogP contribution in [0.3, 0.4) is 0 Å². The van der Waals surface area contributed by atoms with Crippen LogP contribution in [0.4, 0.5) is 18.6 Å². The fourth-order valence-corrected chi connectivity index (χ4v) is 5.61. The molecule has 2 aromatic rings. The molecule has 0 atom stereocenters. The molecule has 3 aliphatic rings. The van der Waals surface area contributed by atoms with Crippen molar-refractivity contribution in [3.63, 3.8) is 0 Å². The van der Waals surface area contributed by atoms with Crippen molar-refractivity contribution in [2.45, 2.75) is 76.0 Å². The minimum Gasteiger partial charge on any atom is -0.450 e. The Hall–Kier alpha value is -2.56. The first-order chi connectivity index (χ1) is 15.2. The van der Waals surface area contributed by atoms with Crippen LogP contribution in [-0.4, -0.2) is 38.3 Å². The third-order valence-corrected chi connectivity index (χ3v) is 7.21. The highest BCUT2D eigenvalue weighted by Gasteiger charge is 2.39. The normalized spacial score (nSPS) is 20.1. The lowest BCUT2D eigenvalue weighted by atomic mass is 9.88. The van der Waals surface area contributed by atoms with Gasteiger partial charge >= 0.3 is 6.16 Å². The first kappa shape index (κ1) is 22.6. The second kappa shape index (κ2) is 9.13. The molecule has 0 saturated heterocycles. The topological polar surface area (TPSA) is 126 Å². The maximum absolute atomic E-state index is 14.0. The Bertz CT molecular complexity index is 992. The van der Waals surface area contributed by atoms with E-state index in [0.29, 0.717) is 33.1 Å². The maximum Gasteiger partial charge on any atom is 0.503 e. The Morgan fingerprint density at radius 2 is 1.81 bits per heavy atom.